The molecule has 142 valence electrons. The second-order valence-electron chi connectivity index (χ2n) is 6.44. The van der Waals surface area contributed by atoms with E-state index in [2.05, 4.69) is 57.6 Å². The average molecular weight is 437 g/mol. The number of nitrogens with zero attached hydrogens (tertiary/aromatic N) is 1. The number of nitrogens with one attached hydrogen (secondary N) is 1. The van der Waals surface area contributed by atoms with Gasteiger partial charge in [0.2, 0.25) is 5.91 Å². The van der Waals surface area contributed by atoms with E-state index in [1.54, 1.807) is 6.21 Å². The molecular formula is C23H21BrN2O2. The number of ether oxygens (including phenoxy) is 1. The molecule has 3 aromatic carbocycles. The highest BCUT2D eigenvalue weighted by Gasteiger charge is 2.02. The summed E-state index contributed by atoms with van der Waals surface area (Å²) in [6.45, 7) is 2.59. The molecule has 0 saturated carbocycles. The highest BCUT2D eigenvalue weighted by Crippen LogP contribution is 2.14. The number of carbonyl (C=O) groups excluding carboxylic acids is 1. The van der Waals surface area contributed by atoms with Crippen molar-refractivity contribution >= 4 is 28.1 Å². The summed E-state index contributed by atoms with van der Waals surface area (Å²) in [5.41, 5.74) is 6.73. The topological polar surface area (TPSA) is 50.7 Å². The molecule has 0 aromatic heterocycles. The van der Waals surface area contributed by atoms with E-state index < -0.39 is 0 Å². The van der Waals surface area contributed by atoms with Gasteiger partial charge in [0.05, 0.1) is 12.6 Å². The van der Waals surface area contributed by atoms with Gasteiger partial charge in [0.25, 0.3) is 0 Å². The van der Waals surface area contributed by atoms with E-state index in [0.29, 0.717) is 6.61 Å². The lowest BCUT2D eigenvalue weighted by molar-refractivity contribution is -0.120. The number of carbonyl (C=O) groups is 1. The maximum absolute atomic E-state index is 11.9. The van der Waals surface area contributed by atoms with Crippen molar-refractivity contribution in [3.63, 3.8) is 0 Å². The molecule has 28 heavy (non-hydrogen) atoms. The van der Waals surface area contributed by atoms with Crippen molar-refractivity contribution in [2.75, 3.05) is 0 Å². The fraction of sp³-hybridized carbons (Fsp3) is 0.130. The molecule has 3 aromatic rings. The zero-order chi connectivity index (χ0) is 19.8. The van der Waals surface area contributed by atoms with Crippen LogP contribution in [0.4, 0.5) is 0 Å². The van der Waals surface area contributed by atoms with Crippen LogP contribution in [0.25, 0.3) is 0 Å². The largest absolute Gasteiger partial charge is 0.489 e. The minimum Gasteiger partial charge on any atom is -0.489 e. The summed E-state index contributed by atoms with van der Waals surface area (Å²) in [5, 5.41) is 4.01. The number of hydrogen-bond acceptors (Lipinski definition) is 3. The lowest BCUT2D eigenvalue weighted by atomic mass is 10.1. The van der Waals surface area contributed by atoms with Gasteiger partial charge < -0.3 is 4.74 Å². The first-order valence-corrected chi connectivity index (χ1v) is 9.72. The number of amides is 1. The number of aryl methyl sites for hydroxylation is 1. The third-order valence-corrected chi connectivity index (χ3v) is 4.62. The van der Waals surface area contributed by atoms with E-state index in [-0.39, 0.29) is 12.3 Å². The molecule has 0 unspecified atom stereocenters. The van der Waals surface area contributed by atoms with Gasteiger partial charge >= 0.3 is 0 Å². The fourth-order valence-electron chi connectivity index (χ4n) is 2.51. The van der Waals surface area contributed by atoms with E-state index >= 15 is 0 Å². The van der Waals surface area contributed by atoms with Crippen molar-refractivity contribution in [1.29, 1.82) is 0 Å². The van der Waals surface area contributed by atoms with Crippen molar-refractivity contribution in [3.8, 4) is 5.75 Å². The molecule has 0 aliphatic heterocycles. The van der Waals surface area contributed by atoms with Crippen LogP contribution < -0.4 is 10.2 Å². The Hall–Kier alpha value is -2.92. The monoisotopic (exact) mass is 436 g/mol. The molecule has 0 bridgehead atoms. The standard InChI is InChI=1S/C23H21BrN2O2/c1-17-2-4-20(5-3-17)16-28-22-12-8-19(9-13-22)15-25-26-23(27)14-18-6-10-21(24)11-7-18/h2-13,15H,14,16H2,1H3,(H,26,27)/b25-15-. The van der Waals surface area contributed by atoms with Gasteiger partial charge in [-0.15, -0.1) is 0 Å². The fourth-order valence-corrected chi connectivity index (χ4v) is 2.77. The minimum atomic E-state index is -0.156. The highest BCUT2D eigenvalue weighted by atomic mass is 79.9. The zero-order valence-electron chi connectivity index (χ0n) is 15.6. The van der Waals surface area contributed by atoms with Crippen LogP contribution in [-0.2, 0) is 17.8 Å². The third-order valence-electron chi connectivity index (χ3n) is 4.09. The van der Waals surface area contributed by atoms with Crippen molar-refractivity contribution in [2.45, 2.75) is 20.0 Å². The normalized spacial score (nSPS) is 10.8. The maximum atomic E-state index is 11.9. The van der Waals surface area contributed by atoms with Gasteiger partial charge in [0.15, 0.2) is 0 Å². The first-order valence-electron chi connectivity index (χ1n) is 8.93. The Balaban J connectivity index is 1.45. The van der Waals surface area contributed by atoms with Crippen LogP contribution in [0.5, 0.6) is 5.75 Å². The number of benzene rings is 3. The van der Waals surface area contributed by atoms with Crippen LogP contribution >= 0.6 is 15.9 Å². The number of hydrazone groups is 1. The maximum Gasteiger partial charge on any atom is 0.244 e. The van der Waals surface area contributed by atoms with Crippen molar-refractivity contribution in [1.82, 2.24) is 5.43 Å². The van der Waals surface area contributed by atoms with Gasteiger partial charge in [-0.05, 0) is 60.0 Å². The Labute approximate surface area is 173 Å². The molecule has 4 nitrogen and oxygen atoms in total. The Bertz CT molecular complexity index is 934. The Morgan fingerprint density at radius 1 is 0.964 bits per heavy atom. The Morgan fingerprint density at radius 2 is 1.61 bits per heavy atom. The molecule has 0 aliphatic carbocycles. The van der Waals surface area contributed by atoms with Gasteiger partial charge in [-0.3, -0.25) is 4.79 Å². The SMILES string of the molecule is Cc1ccc(COc2ccc(/C=N\NC(=O)Cc3ccc(Br)cc3)cc2)cc1. The first-order chi connectivity index (χ1) is 13.6. The quantitative estimate of drug-likeness (QED) is 0.417. The first kappa shape index (κ1) is 19.8. The average Bonchev–Trinajstić information content (AvgIpc) is 2.70. The Morgan fingerprint density at radius 3 is 2.29 bits per heavy atom. The molecule has 0 atom stereocenters. The van der Waals surface area contributed by atoms with Crippen LogP contribution in [0.1, 0.15) is 22.3 Å². The van der Waals surface area contributed by atoms with Crippen LogP contribution in [0.3, 0.4) is 0 Å². The summed E-state index contributed by atoms with van der Waals surface area (Å²) in [5.74, 6) is 0.633. The predicted octanol–water partition coefficient (Wildman–Crippen LogP) is 5.03. The van der Waals surface area contributed by atoms with Crippen molar-refractivity contribution in [2.24, 2.45) is 5.10 Å². The smallest absolute Gasteiger partial charge is 0.244 e. The lowest BCUT2D eigenvalue weighted by Crippen LogP contribution is -2.19. The lowest BCUT2D eigenvalue weighted by Gasteiger charge is -2.07. The molecule has 0 spiro atoms. The van der Waals surface area contributed by atoms with Gasteiger partial charge in [0.1, 0.15) is 12.4 Å². The van der Waals surface area contributed by atoms with E-state index in [9.17, 15) is 4.79 Å². The molecule has 5 heteroatoms. The molecule has 0 aliphatic rings. The molecular weight excluding hydrogens is 416 g/mol. The number of halogens is 1. The van der Waals surface area contributed by atoms with Crippen LogP contribution in [0, 0.1) is 6.92 Å². The molecule has 0 radical (unpaired) electrons. The second-order valence-corrected chi connectivity index (χ2v) is 7.36. The summed E-state index contributed by atoms with van der Waals surface area (Å²) in [7, 11) is 0. The van der Waals surface area contributed by atoms with E-state index in [0.717, 1.165) is 26.9 Å². The summed E-state index contributed by atoms with van der Waals surface area (Å²) in [4.78, 5) is 11.9. The minimum absolute atomic E-state index is 0.156. The molecule has 1 N–H and O–H groups in total. The van der Waals surface area contributed by atoms with E-state index in [4.69, 9.17) is 4.74 Å². The summed E-state index contributed by atoms with van der Waals surface area (Å²) >= 11 is 3.38. The van der Waals surface area contributed by atoms with Gasteiger partial charge in [-0.25, -0.2) is 5.43 Å². The van der Waals surface area contributed by atoms with Crippen molar-refractivity contribution in [3.05, 3.63) is 99.5 Å². The molecule has 0 heterocycles. The van der Waals surface area contributed by atoms with E-state index in [1.807, 2.05) is 48.5 Å². The van der Waals surface area contributed by atoms with Gasteiger partial charge in [-0.1, -0.05) is 57.9 Å². The zero-order valence-corrected chi connectivity index (χ0v) is 17.1. The molecule has 3 rings (SSSR count). The van der Waals surface area contributed by atoms with Gasteiger partial charge in [0, 0.05) is 4.47 Å². The van der Waals surface area contributed by atoms with Crippen molar-refractivity contribution < 1.29 is 9.53 Å². The highest BCUT2D eigenvalue weighted by molar-refractivity contribution is 9.10. The summed E-state index contributed by atoms with van der Waals surface area (Å²) in [6.07, 6.45) is 1.90. The number of rotatable bonds is 7. The van der Waals surface area contributed by atoms with Gasteiger partial charge in [-0.2, -0.15) is 5.10 Å². The predicted molar refractivity (Wildman–Crippen MR) is 116 cm³/mol. The summed E-state index contributed by atoms with van der Waals surface area (Å²) in [6, 6.07) is 23.5. The second kappa shape index (κ2) is 9.85. The van der Waals surface area contributed by atoms with E-state index in [1.165, 1.54) is 5.56 Å². The summed E-state index contributed by atoms with van der Waals surface area (Å²) < 4.78 is 6.77. The van der Waals surface area contributed by atoms with Crippen LogP contribution in [-0.4, -0.2) is 12.1 Å². The Kier molecular flexibility index (Phi) is 6.98. The van der Waals surface area contributed by atoms with Crippen LogP contribution in [0.2, 0.25) is 0 Å². The molecule has 1 amide bonds. The van der Waals surface area contributed by atoms with Crippen LogP contribution in [0.15, 0.2) is 82.4 Å². The third kappa shape index (κ3) is 6.35. The number of hydrogen-bond donors (Lipinski definition) is 1. The molecule has 0 saturated heterocycles. The molecule has 0 fully saturated rings.